The summed E-state index contributed by atoms with van der Waals surface area (Å²) in [5.74, 6) is 1.11. The van der Waals surface area contributed by atoms with Gasteiger partial charge in [-0.1, -0.05) is 0 Å². The topological polar surface area (TPSA) is 90.7 Å². The van der Waals surface area contributed by atoms with Gasteiger partial charge < -0.3 is 10.6 Å². The Morgan fingerprint density at radius 3 is 2.88 bits per heavy atom. The molecule has 88 valence electrons. The molecule has 1 amide bonds. The lowest BCUT2D eigenvalue weighted by Gasteiger charge is -2.05. The molecule has 0 bridgehead atoms. The Labute approximate surface area is 99.0 Å². The smallest absolute Gasteiger partial charge is 0.239 e. The van der Waals surface area contributed by atoms with E-state index in [2.05, 4.69) is 20.8 Å². The van der Waals surface area contributed by atoms with Crippen molar-refractivity contribution in [1.82, 2.24) is 15.5 Å². The summed E-state index contributed by atoms with van der Waals surface area (Å²) >= 11 is 0. The molecule has 6 heteroatoms. The fourth-order valence-corrected chi connectivity index (χ4v) is 1.30. The van der Waals surface area contributed by atoms with Crippen LogP contribution in [-0.2, 0) is 4.79 Å². The summed E-state index contributed by atoms with van der Waals surface area (Å²) in [5, 5.41) is 21.6. The predicted molar refractivity (Wildman–Crippen MR) is 61.0 cm³/mol. The average molecular weight is 231 g/mol. The highest BCUT2D eigenvalue weighted by Crippen LogP contribution is 2.27. The van der Waals surface area contributed by atoms with Gasteiger partial charge in [0.2, 0.25) is 5.91 Å². The van der Waals surface area contributed by atoms with Crippen LogP contribution in [0.3, 0.4) is 0 Å². The zero-order valence-electron chi connectivity index (χ0n) is 9.31. The Morgan fingerprint density at radius 2 is 2.29 bits per heavy atom. The van der Waals surface area contributed by atoms with Crippen LogP contribution in [0.1, 0.15) is 18.5 Å². The monoisotopic (exact) mass is 231 g/mol. The summed E-state index contributed by atoms with van der Waals surface area (Å²) in [4.78, 5) is 11.4. The van der Waals surface area contributed by atoms with Crippen LogP contribution in [0.25, 0.3) is 0 Å². The fraction of sp³-hybridized carbons (Fsp3) is 0.455. The molecule has 0 atom stereocenters. The molecule has 1 aromatic rings. The van der Waals surface area contributed by atoms with Crippen molar-refractivity contribution in [3.05, 3.63) is 17.8 Å². The summed E-state index contributed by atoms with van der Waals surface area (Å²) in [5.41, 5.74) is 0.258. The van der Waals surface area contributed by atoms with Crippen LogP contribution >= 0.6 is 0 Å². The van der Waals surface area contributed by atoms with Gasteiger partial charge in [-0.05, 0) is 30.9 Å². The average Bonchev–Trinajstić information content (AvgIpc) is 3.18. The lowest BCUT2D eigenvalue weighted by molar-refractivity contribution is -0.119. The number of hydrogen-bond acceptors (Lipinski definition) is 5. The highest BCUT2D eigenvalue weighted by atomic mass is 16.1. The molecule has 17 heavy (non-hydrogen) atoms. The minimum absolute atomic E-state index is 0.0527. The van der Waals surface area contributed by atoms with E-state index in [0.717, 1.165) is 6.54 Å². The zero-order chi connectivity index (χ0) is 12.1. The molecule has 0 aromatic carbocycles. The molecule has 0 saturated heterocycles. The third kappa shape index (κ3) is 3.72. The summed E-state index contributed by atoms with van der Waals surface area (Å²) in [6.45, 7) is 0.937. The number of carbonyl (C=O) groups excluding carboxylic acids is 1. The Balaban J connectivity index is 1.72. The Morgan fingerprint density at radius 1 is 1.47 bits per heavy atom. The van der Waals surface area contributed by atoms with E-state index in [9.17, 15) is 4.79 Å². The van der Waals surface area contributed by atoms with E-state index in [0.29, 0.717) is 11.7 Å². The molecule has 1 saturated carbocycles. The minimum Gasteiger partial charge on any atom is -0.360 e. The third-order valence-electron chi connectivity index (χ3n) is 2.49. The number of aromatic nitrogens is 2. The van der Waals surface area contributed by atoms with Crippen molar-refractivity contribution >= 4 is 11.7 Å². The van der Waals surface area contributed by atoms with E-state index < -0.39 is 0 Å². The molecule has 0 spiro atoms. The molecule has 1 aliphatic rings. The second-order valence-electron chi connectivity index (χ2n) is 4.02. The maximum Gasteiger partial charge on any atom is 0.239 e. The summed E-state index contributed by atoms with van der Waals surface area (Å²) < 4.78 is 0. The summed E-state index contributed by atoms with van der Waals surface area (Å²) in [7, 11) is 0. The molecule has 1 aliphatic carbocycles. The van der Waals surface area contributed by atoms with E-state index in [4.69, 9.17) is 5.26 Å². The van der Waals surface area contributed by atoms with Crippen LogP contribution < -0.4 is 10.6 Å². The Bertz CT molecular complexity index is 432. The molecular weight excluding hydrogens is 218 g/mol. The Kier molecular flexibility index (Phi) is 3.50. The van der Waals surface area contributed by atoms with Gasteiger partial charge in [-0.2, -0.15) is 5.26 Å². The maximum absolute atomic E-state index is 11.4. The number of nitriles is 1. The van der Waals surface area contributed by atoms with Gasteiger partial charge in [0.05, 0.1) is 6.54 Å². The number of carbonyl (C=O) groups is 1. The van der Waals surface area contributed by atoms with Crippen molar-refractivity contribution < 1.29 is 4.79 Å². The van der Waals surface area contributed by atoms with E-state index in [1.165, 1.54) is 12.8 Å². The van der Waals surface area contributed by atoms with Crippen molar-refractivity contribution in [2.75, 3.05) is 18.4 Å². The maximum atomic E-state index is 11.4. The van der Waals surface area contributed by atoms with Crippen LogP contribution in [0.2, 0.25) is 0 Å². The van der Waals surface area contributed by atoms with Gasteiger partial charge in [0.25, 0.3) is 0 Å². The van der Waals surface area contributed by atoms with Crippen molar-refractivity contribution in [2.45, 2.75) is 12.8 Å². The van der Waals surface area contributed by atoms with Crippen LogP contribution in [0.5, 0.6) is 0 Å². The molecule has 6 nitrogen and oxygen atoms in total. The first-order chi connectivity index (χ1) is 8.28. The van der Waals surface area contributed by atoms with Crippen LogP contribution in [-0.4, -0.2) is 29.2 Å². The normalized spacial score (nSPS) is 13.8. The van der Waals surface area contributed by atoms with E-state index >= 15 is 0 Å². The van der Waals surface area contributed by atoms with Crippen LogP contribution in [0, 0.1) is 17.2 Å². The molecule has 0 aliphatic heterocycles. The number of nitrogens with one attached hydrogen (secondary N) is 2. The first-order valence-corrected chi connectivity index (χ1v) is 5.52. The molecule has 2 rings (SSSR count). The molecule has 1 aromatic heterocycles. The lowest BCUT2D eigenvalue weighted by atomic mass is 10.4. The zero-order valence-corrected chi connectivity index (χ0v) is 9.31. The number of rotatable bonds is 5. The van der Waals surface area contributed by atoms with Crippen molar-refractivity contribution in [2.24, 2.45) is 5.92 Å². The fourth-order valence-electron chi connectivity index (χ4n) is 1.30. The van der Waals surface area contributed by atoms with E-state index in [1.54, 1.807) is 12.1 Å². The summed E-state index contributed by atoms with van der Waals surface area (Å²) in [6, 6.07) is 5.06. The standard InChI is InChI=1S/C11H13N5O/c12-5-9-3-4-10(16-15-9)13-7-11(17)14-6-8-1-2-8/h3-4,8H,1-2,6-7H2,(H,13,16)(H,14,17). The molecule has 1 fully saturated rings. The van der Waals surface area contributed by atoms with Crippen molar-refractivity contribution in [3.63, 3.8) is 0 Å². The van der Waals surface area contributed by atoms with Gasteiger partial charge in [0.15, 0.2) is 5.69 Å². The molecule has 0 radical (unpaired) electrons. The number of nitrogens with zero attached hydrogens (tertiary/aromatic N) is 3. The molecular formula is C11H13N5O. The van der Waals surface area contributed by atoms with E-state index in [-0.39, 0.29) is 18.1 Å². The number of anilines is 1. The van der Waals surface area contributed by atoms with Gasteiger partial charge in [-0.25, -0.2) is 0 Å². The number of hydrogen-bond donors (Lipinski definition) is 2. The van der Waals surface area contributed by atoms with E-state index in [1.807, 2.05) is 6.07 Å². The third-order valence-corrected chi connectivity index (χ3v) is 2.49. The first-order valence-electron chi connectivity index (χ1n) is 5.52. The largest absolute Gasteiger partial charge is 0.360 e. The van der Waals surface area contributed by atoms with Crippen molar-refractivity contribution in [3.8, 4) is 6.07 Å². The Hall–Kier alpha value is -2.16. The highest BCUT2D eigenvalue weighted by molar-refractivity contribution is 5.80. The second-order valence-corrected chi connectivity index (χ2v) is 4.02. The van der Waals surface area contributed by atoms with Crippen LogP contribution in [0.15, 0.2) is 12.1 Å². The van der Waals surface area contributed by atoms with Crippen molar-refractivity contribution in [1.29, 1.82) is 5.26 Å². The van der Waals surface area contributed by atoms with Crippen LogP contribution in [0.4, 0.5) is 5.82 Å². The first kappa shape index (κ1) is 11.3. The number of amides is 1. The van der Waals surface area contributed by atoms with Gasteiger partial charge in [0.1, 0.15) is 11.9 Å². The lowest BCUT2D eigenvalue weighted by Crippen LogP contribution is -2.31. The SMILES string of the molecule is N#Cc1ccc(NCC(=O)NCC2CC2)nn1. The van der Waals surface area contributed by atoms with Gasteiger partial charge in [-0.15, -0.1) is 10.2 Å². The van der Waals surface area contributed by atoms with Gasteiger partial charge >= 0.3 is 0 Å². The predicted octanol–water partition coefficient (Wildman–Crippen LogP) is 0.286. The van der Waals surface area contributed by atoms with Gasteiger partial charge in [-0.3, -0.25) is 4.79 Å². The highest BCUT2D eigenvalue weighted by Gasteiger charge is 2.21. The quantitative estimate of drug-likeness (QED) is 0.759. The van der Waals surface area contributed by atoms with Gasteiger partial charge in [0, 0.05) is 6.54 Å². The second kappa shape index (κ2) is 5.25. The molecule has 2 N–H and O–H groups in total. The summed E-state index contributed by atoms with van der Waals surface area (Å²) in [6.07, 6.45) is 2.43. The molecule has 1 heterocycles. The minimum atomic E-state index is -0.0527. The molecule has 0 unspecified atom stereocenters.